The third-order valence-electron chi connectivity index (χ3n) is 5.64. The van der Waals surface area contributed by atoms with Crippen LogP contribution in [0.3, 0.4) is 0 Å². The average Bonchev–Trinajstić information content (AvgIpc) is 3.06. The summed E-state index contributed by atoms with van der Waals surface area (Å²) in [5.74, 6) is 0.230. The van der Waals surface area contributed by atoms with E-state index in [1.54, 1.807) is 11.3 Å². The Bertz CT molecular complexity index is 727. The smallest absolute Gasteiger partial charge is 0.227 e. The van der Waals surface area contributed by atoms with Gasteiger partial charge < -0.3 is 10.2 Å². The molecule has 1 aliphatic heterocycles. The fourth-order valence-corrected chi connectivity index (χ4v) is 4.84. The van der Waals surface area contributed by atoms with Crippen LogP contribution in [0.15, 0.2) is 41.1 Å². The first-order valence-electron chi connectivity index (χ1n) is 8.92. The molecule has 1 saturated heterocycles. The molecule has 0 radical (unpaired) electrons. The average molecular weight is 411 g/mol. The molecule has 1 aliphatic carbocycles. The molecule has 1 spiro atoms. The van der Waals surface area contributed by atoms with Crippen LogP contribution in [0.5, 0.6) is 0 Å². The lowest BCUT2D eigenvalue weighted by molar-refractivity contribution is -0.132. The topological polar surface area (TPSA) is 32.3 Å². The van der Waals surface area contributed by atoms with Crippen molar-refractivity contribution in [2.24, 2.45) is 5.41 Å². The summed E-state index contributed by atoms with van der Waals surface area (Å²) in [4.78, 5) is 15.3. The van der Waals surface area contributed by atoms with Crippen molar-refractivity contribution in [2.45, 2.75) is 38.3 Å². The van der Waals surface area contributed by atoms with Crippen molar-refractivity contribution in [2.75, 3.05) is 13.1 Å². The number of amides is 1. The Morgan fingerprint density at radius 2 is 1.92 bits per heavy atom. The van der Waals surface area contributed by atoms with E-state index in [-0.39, 0.29) is 18.3 Å². The van der Waals surface area contributed by atoms with E-state index in [9.17, 15) is 4.79 Å². The van der Waals surface area contributed by atoms with E-state index in [2.05, 4.69) is 27.0 Å². The van der Waals surface area contributed by atoms with Crippen LogP contribution in [-0.4, -0.2) is 29.9 Å². The first-order valence-corrected chi connectivity index (χ1v) is 10.2. The highest BCUT2D eigenvalue weighted by molar-refractivity contribution is 7.07. The number of thiophene rings is 1. The molecule has 2 heterocycles. The number of hydrogen-bond acceptors (Lipinski definition) is 3. The lowest BCUT2D eigenvalue weighted by Gasteiger charge is -2.29. The van der Waals surface area contributed by atoms with Gasteiger partial charge in [-0.2, -0.15) is 11.3 Å². The summed E-state index contributed by atoms with van der Waals surface area (Å²) in [6.45, 7) is 2.89. The second-order valence-electron chi connectivity index (χ2n) is 7.29. The van der Waals surface area contributed by atoms with E-state index in [0.717, 1.165) is 31.6 Å². The molecule has 1 aromatic heterocycles. The molecule has 1 N–H and O–H groups in total. The van der Waals surface area contributed by atoms with E-state index in [1.165, 1.54) is 18.4 Å². The monoisotopic (exact) mass is 410 g/mol. The molecule has 2 aromatic rings. The third-order valence-corrected chi connectivity index (χ3v) is 6.63. The zero-order chi connectivity index (χ0) is 17.3. The Morgan fingerprint density at radius 3 is 2.58 bits per heavy atom. The predicted molar refractivity (Wildman–Crippen MR) is 110 cm³/mol. The van der Waals surface area contributed by atoms with Crippen molar-refractivity contribution in [3.63, 3.8) is 0 Å². The Balaban J connectivity index is 0.00000196. The minimum atomic E-state index is 0. The summed E-state index contributed by atoms with van der Waals surface area (Å²) in [6.07, 6.45) is 3.98. The second kappa shape index (κ2) is 8.30. The fourth-order valence-electron chi connectivity index (χ4n) is 4.06. The summed E-state index contributed by atoms with van der Waals surface area (Å²) in [5.41, 5.74) is 2.63. The minimum absolute atomic E-state index is 0. The molecule has 2 fully saturated rings. The molecule has 1 unspecified atom stereocenters. The van der Waals surface area contributed by atoms with Crippen LogP contribution in [-0.2, 0) is 17.8 Å². The van der Waals surface area contributed by atoms with Crippen molar-refractivity contribution >= 4 is 41.3 Å². The van der Waals surface area contributed by atoms with E-state index in [0.29, 0.717) is 22.9 Å². The van der Waals surface area contributed by atoms with Crippen LogP contribution in [0.1, 0.15) is 30.4 Å². The SMILES string of the molecule is Cl.O=C(Cc1ccc(Cl)cc1)N(Cc1ccsc1)C1CC12CCNCC2. The molecule has 1 amide bonds. The van der Waals surface area contributed by atoms with Crippen molar-refractivity contribution < 1.29 is 4.79 Å². The molecule has 3 nitrogen and oxygen atoms in total. The minimum Gasteiger partial charge on any atom is -0.334 e. The summed E-state index contributed by atoms with van der Waals surface area (Å²) in [5, 5.41) is 8.40. The molecule has 1 aromatic carbocycles. The van der Waals surface area contributed by atoms with E-state index in [4.69, 9.17) is 11.6 Å². The highest BCUT2D eigenvalue weighted by atomic mass is 35.5. The Hall–Kier alpha value is -1.07. The van der Waals surface area contributed by atoms with Gasteiger partial charge in [-0.25, -0.2) is 0 Å². The highest BCUT2D eigenvalue weighted by Gasteiger charge is 2.57. The molecule has 4 rings (SSSR count). The Labute approximate surface area is 170 Å². The van der Waals surface area contributed by atoms with Crippen molar-refractivity contribution in [1.29, 1.82) is 0 Å². The number of piperidine rings is 1. The first kappa shape index (κ1) is 19.7. The number of hydrogen-bond donors (Lipinski definition) is 1. The van der Waals surface area contributed by atoms with E-state index in [1.807, 2.05) is 24.3 Å². The quantitative estimate of drug-likeness (QED) is 0.784. The molecule has 26 heavy (non-hydrogen) atoms. The Kier molecular flexibility index (Phi) is 6.29. The van der Waals surface area contributed by atoms with Gasteiger partial charge in [0.15, 0.2) is 0 Å². The molecule has 6 heteroatoms. The van der Waals surface area contributed by atoms with Crippen molar-refractivity contribution in [3.05, 3.63) is 57.2 Å². The maximum absolute atomic E-state index is 13.1. The number of nitrogens with one attached hydrogen (secondary N) is 1. The van der Waals surface area contributed by atoms with E-state index >= 15 is 0 Å². The molecule has 140 valence electrons. The van der Waals surface area contributed by atoms with Crippen LogP contribution in [0.2, 0.25) is 5.02 Å². The van der Waals surface area contributed by atoms with Crippen molar-refractivity contribution in [1.82, 2.24) is 10.2 Å². The number of rotatable bonds is 5. The standard InChI is InChI=1S/C20H23ClN2OS.ClH/c21-17-3-1-15(2-4-17)11-19(24)23(13-16-5-10-25-14-16)18-12-20(18)6-8-22-9-7-20;/h1-5,10,14,18,22H,6-9,11-13H2;1H. The zero-order valence-corrected chi connectivity index (χ0v) is 17.0. The summed E-state index contributed by atoms with van der Waals surface area (Å²) < 4.78 is 0. The maximum atomic E-state index is 13.1. The molecule has 1 atom stereocenters. The molecular formula is C20H24Cl2N2OS. The van der Waals surface area contributed by atoms with E-state index < -0.39 is 0 Å². The zero-order valence-electron chi connectivity index (χ0n) is 14.6. The second-order valence-corrected chi connectivity index (χ2v) is 8.51. The van der Waals surface area contributed by atoms with Crippen molar-refractivity contribution in [3.8, 4) is 0 Å². The number of carbonyl (C=O) groups is 1. The van der Waals surface area contributed by atoms with Gasteiger partial charge in [0.25, 0.3) is 0 Å². The highest BCUT2D eigenvalue weighted by Crippen LogP contribution is 2.56. The third kappa shape index (κ3) is 4.25. The first-order chi connectivity index (χ1) is 12.2. The van der Waals surface area contributed by atoms with Gasteiger partial charge in [0, 0.05) is 17.6 Å². The number of benzene rings is 1. The number of nitrogens with zero attached hydrogens (tertiary/aromatic N) is 1. The van der Waals surface area contributed by atoms with Gasteiger partial charge >= 0.3 is 0 Å². The Morgan fingerprint density at radius 1 is 1.19 bits per heavy atom. The lowest BCUT2D eigenvalue weighted by atomic mass is 9.93. The predicted octanol–water partition coefficient (Wildman–Crippen LogP) is 4.54. The van der Waals surface area contributed by atoms with Gasteiger partial charge in [0.2, 0.25) is 5.91 Å². The fraction of sp³-hybridized carbons (Fsp3) is 0.450. The van der Waals surface area contributed by atoms with Gasteiger partial charge in [-0.15, -0.1) is 12.4 Å². The van der Waals surface area contributed by atoms with Gasteiger partial charge in [-0.1, -0.05) is 23.7 Å². The van der Waals surface area contributed by atoms with Crippen LogP contribution >= 0.6 is 35.3 Å². The lowest BCUT2D eigenvalue weighted by Crippen LogP contribution is -2.39. The maximum Gasteiger partial charge on any atom is 0.227 e. The number of halogens is 2. The normalized spacial score (nSPS) is 20.4. The van der Waals surface area contributed by atoms with Crippen LogP contribution in [0.4, 0.5) is 0 Å². The van der Waals surface area contributed by atoms with Gasteiger partial charge in [-0.05, 0) is 77.9 Å². The van der Waals surface area contributed by atoms with Crippen LogP contribution in [0, 0.1) is 5.41 Å². The summed E-state index contributed by atoms with van der Waals surface area (Å²) >= 11 is 7.66. The summed E-state index contributed by atoms with van der Waals surface area (Å²) in [6, 6.07) is 10.2. The molecular weight excluding hydrogens is 387 g/mol. The molecule has 0 bridgehead atoms. The molecule has 1 saturated carbocycles. The van der Waals surface area contributed by atoms with Gasteiger partial charge in [0.1, 0.15) is 0 Å². The number of carbonyl (C=O) groups excluding carboxylic acids is 1. The van der Waals surface area contributed by atoms with Crippen LogP contribution in [0.25, 0.3) is 0 Å². The summed E-state index contributed by atoms with van der Waals surface area (Å²) in [7, 11) is 0. The van der Waals surface area contributed by atoms with Crippen LogP contribution < -0.4 is 5.32 Å². The largest absolute Gasteiger partial charge is 0.334 e. The van der Waals surface area contributed by atoms with Gasteiger partial charge in [0.05, 0.1) is 6.42 Å². The molecule has 2 aliphatic rings. The van der Waals surface area contributed by atoms with Gasteiger partial charge in [-0.3, -0.25) is 4.79 Å².